The van der Waals surface area contributed by atoms with Gasteiger partial charge in [0.1, 0.15) is 5.76 Å². The summed E-state index contributed by atoms with van der Waals surface area (Å²) in [6.45, 7) is 2.83. The van der Waals surface area contributed by atoms with Gasteiger partial charge in [0.15, 0.2) is 42.4 Å². The van der Waals surface area contributed by atoms with E-state index in [9.17, 15) is 35.1 Å². The zero-order chi connectivity index (χ0) is 26.9. The number of esters is 2. The lowest BCUT2D eigenvalue weighted by Crippen LogP contribution is -2.74. The van der Waals surface area contributed by atoms with E-state index in [1.807, 2.05) is 13.1 Å². The molecular formula is C25H31NO11. The van der Waals surface area contributed by atoms with E-state index in [0.717, 1.165) is 12.5 Å². The van der Waals surface area contributed by atoms with Gasteiger partial charge in [-0.25, -0.2) is 4.79 Å². The lowest BCUT2D eigenvalue weighted by atomic mass is 9.50. The molecule has 1 saturated heterocycles. The fourth-order valence-electron chi connectivity index (χ4n) is 6.56. The predicted molar refractivity (Wildman–Crippen MR) is 123 cm³/mol. The van der Waals surface area contributed by atoms with Gasteiger partial charge in [-0.05, 0) is 51.1 Å². The number of phenolic OH excluding ortho intramolecular Hbond substituents is 1. The van der Waals surface area contributed by atoms with Gasteiger partial charge in [0, 0.05) is 24.9 Å². The fraction of sp³-hybridized carbons (Fsp3) is 0.600. The molecule has 1 aromatic rings. The number of rotatable bonds is 7. The number of aromatic hydroxyl groups is 1. The second-order valence-corrected chi connectivity index (χ2v) is 10.2. The second-order valence-electron chi connectivity index (χ2n) is 10.2. The van der Waals surface area contributed by atoms with Gasteiger partial charge >= 0.3 is 11.9 Å². The topological polar surface area (TPSA) is 175 Å². The number of carbonyl (C=O) groups is 2. The van der Waals surface area contributed by atoms with Crippen LogP contribution in [0.1, 0.15) is 37.8 Å². The van der Waals surface area contributed by atoms with E-state index in [2.05, 4.69) is 4.90 Å². The van der Waals surface area contributed by atoms with Crippen LogP contribution >= 0.6 is 0 Å². The fourth-order valence-corrected chi connectivity index (χ4v) is 6.56. The quantitative estimate of drug-likeness (QED) is 0.223. The van der Waals surface area contributed by atoms with Crippen molar-refractivity contribution < 1.29 is 54.1 Å². The molecule has 2 bridgehead atoms. The summed E-state index contributed by atoms with van der Waals surface area (Å²) in [5.41, 5.74) is -0.657. The summed E-state index contributed by atoms with van der Waals surface area (Å²) < 4.78 is 21.9. The Hall–Kier alpha value is -2.74. The summed E-state index contributed by atoms with van der Waals surface area (Å²) in [7, 11) is 1.94. The maximum Gasteiger partial charge on any atom is 0.344 e. The van der Waals surface area contributed by atoms with Crippen LogP contribution in [0.5, 0.6) is 11.5 Å². The number of carbonyl (C=O) groups excluding carboxylic acids is 2. The van der Waals surface area contributed by atoms with Crippen molar-refractivity contribution in [2.75, 3.05) is 13.6 Å². The third kappa shape index (κ3) is 3.74. The largest absolute Gasteiger partial charge is 0.504 e. The van der Waals surface area contributed by atoms with E-state index in [1.54, 1.807) is 0 Å². The van der Waals surface area contributed by atoms with E-state index < -0.39 is 53.8 Å². The van der Waals surface area contributed by atoms with Gasteiger partial charge in [-0.3, -0.25) is 4.79 Å². The number of hydrogen-bond acceptors (Lipinski definition) is 12. The van der Waals surface area contributed by atoms with Gasteiger partial charge in [-0.2, -0.15) is 0 Å². The number of aliphatic hydroxyl groups excluding tert-OH is 2. The van der Waals surface area contributed by atoms with Crippen molar-refractivity contribution in [1.82, 2.24) is 4.90 Å². The van der Waals surface area contributed by atoms with Crippen LogP contribution in [0.4, 0.5) is 0 Å². The average Bonchev–Trinajstić information content (AvgIpc) is 3.17. The summed E-state index contributed by atoms with van der Waals surface area (Å²) in [5.74, 6) is -1.91. The molecule has 4 aliphatic rings. The predicted octanol–water partition coefficient (Wildman–Crippen LogP) is -0.821. The molecule has 2 aliphatic heterocycles. The molecule has 2 heterocycles. The van der Waals surface area contributed by atoms with Crippen LogP contribution < -0.4 is 4.74 Å². The van der Waals surface area contributed by atoms with Crippen molar-refractivity contribution in [1.29, 1.82) is 0 Å². The molecule has 12 nitrogen and oxygen atoms in total. The molecule has 12 heteroatoms. The van der Waals surface area contributed by atoms with Crippen LogP contribution in [0.3, 0.4) is 0 Å². The molecule has 1 spiro atoms. The number of aliphatic hydroxyl groups is 4. The maximum atomic E-state index is 13.3. The molecule has 1 fully saturated rings. The van der Waals surface area contributed by atoms with Crippen molar-refractivity contribution in [2.45, 2.75) is 81.1 Å². The Kier molecular flexibility index (Phi) is 6.25. The first-order chi connectivity index (χ1) is 17.4. The SMILES string of the molecule is CC(=O)O[C@H](C(O)O)[C@H](OC(C)O)C(=O)OC1=CC[C@@]2(O)[C@H]3Cc4ccc(O)c5c4[C@@]2(CCN3C)[C@H]1O5. The van der Waals surface area contributed by atoms with Gasteiger partial charge in [0.2, 0.25) is 0 Å². The highest BCUT2D eigenvalue weighted by Crippen LogP contribution is 2.65. The molecule has 2 aliphatic carbocycles. The number of hydrogen-bond donors (Lipinski definition) is 5. The van der Waals surface area contributed by atoms with Gasteiger partial charge in [0.25, 0.3) is 0 Å². The maximum absolute atomic E-state index is 13.3. The molecule has 7 atom stereocenters. The highest BCUT2D eigenvalue weighted by atomic mass is 16.7. The Morgan fingerprint density at radius 2 is 1.97 bits per heavy atom. The molecule has 37 heavy (non-hydrogen) atoms. The van der Waals surface area contributed by atoms with Crippen LogP contribution in [0, 0.1) is 0 Å². The minimum atomic E-state index is -2.32. The van der Waals surface area contributed by atoms with Crippen molar-refractivity contribution in [3.05, 3.63) is 35.1 Å². The third-order valence-corrected chi connectivity index (χ3v) is 8.04. The Morgan fingerprint density at radius 1 is 1.24 bits per heavy atom. The number of phenols is 1. The Balaban J connectivity index is 1.53. The molecule has 5 N–H and O–H groups in total. The monoisotopic (exact) mass is 521 g/mol. The van der Waals surface area contributed by atoms with Crippen molar-refractivity contribution in [3.63, 3.8) is 0 Å². The molecule has 1 aromatic carbocycles. The number of likely N-dealkylation sites (N-methyl/N-ethyl adjacent to an activating group) is 1. The summed E-state index contributed by atoms with van der Waals surface area (Å²) in [6.07, 6.45) is -5.95. The molecular weight excluding hydrogens is 490 g/mol. The number of ether oxygens (including phenoxy) is 4. The average molecular weight is 522 g/mol. The molecule has 0 amide bonds. The summed E-state index contributed by atoms with van der Waals surface area (Å²) in [4.78, 5) is 26.9. The molecule has 202 valence electrons. The first kappa shape index (κ1) is 25.9. The van der Waals surface area contributed by atoms with E-state index >= 15 is 0 Å². The smallest absolute Gasteiger partial charge is 0.344 e. The van der Waals surface area contributed by atoms with Crippen molar-refractivity contribution in [3.8, 4) is 11.5 Å². The zero-order valence-electron chi connectivity index (χ0n) is 20.7. The molecule has 1 unspecified atom stereocenters. The summed E-state index contributed by atoms with van der Waals surface area (Å²) >= 11 is 0. The van der Waals surface area contributed by atoms with E-state index in [1.165, 1.54) is 19.1 Å². The highest BCUT2D eigenvalue weighted by Gasteiger charge is 2.72. The first-order valence-electron chi connectivity index (χ1n) is 12.1. The van der Waals surface area contributed by atoms with Crippen LogP contribution in [-0.4, -0.2) is 98.5 Å². The van der Waals surface area contributed by atoms with Gasteiger partial charge < -0.3 is 49.4 Å². The minimum Gasteiger partial charge on any atom is -0.504 e. The molecule has 5 rings (SSSR count). The normalized spacial score (nSPS) is 32.1. The number of piperidine rings is 1. The highest BCUT2D eigenvalue weighted by molar-refractivity contribution is 5.78. The standard InChI is InChI=1S/C25H31NO11/c1-11(27)34-19(22(30)31)20(35-12(2)28)23(32)36-15-6-7-25(33)16-10-13-4-5-14(29)18-17(13)24(25,21(15)37-18)8-9-26(16)3/h4-6,12,16,19-22,28-31,33H,7-10H2,1-3H3/t12?,16-,19+,20+,21+,24+,25-/m1/s1. The van der Waals surface area contributed by atoms with Crippen LogP contribution in [0.2, 0.25) is 0 Å². The second kappa shape index (κ2) is 8.93. The molecule has 0 radical (unpaired) electrons. The number of likely N-dealkylation sites (tertiary alicyclic amines) is 1. The third-order valence-electron chi connectivity index (χ3n) is 8.04. The Labute approximate surface area is 212 Å². The molecule has 0 saturated carbocycles. The van der Waals surface area contributed by atoms with Gasteiger partial charge in [0.05, 0.1) is 11.0 Å². The lowest BCUT2D eigenvalue weighted by Gasteiger charge is -2.61. The van der Waals surface area contributed by atoms with E-state index in [4.69, 9.17) is 18.9 Å². The Bertz CT molecular complexity index is 1150. The zero-order valence-corrected chi connectivity index (χ0v) is 20.7. The van der Waals surface area contributed by atoms with Crippen LogP contribution in [0.15, 0.2) is 24.0 Å². The minimum absolute atomic E-state index is 0.0367. The Morgan fingerprint density at radius 3 is 2.62 bits per heavy atom. The van der Waals surface area contributed by atoms with Crippen molar-refractivity contribution in [2.24, 2.45) is 0 Å². The van der Waals surface area contributed by atoms with Crippen LogP contribution in [0.25, 0.3) is 0 Å². The molecule has 0 aromatic heterocycles. The summed E-state index contributed by atoms with van der Waals surface area (Å²) in [6, 6.07) is 3.11. The van der Waals surface area contributed by atoms with Gasteiger partial charge in [-0.15, -0.1) is 0 Å². The van der Waals surface area contributed by atoms with Crippen molar-refractivity contribution >= 4 is 11.9 Å². The number of nitrogens with zero attached hydrogens (tertiary/aromatic N) is 1. The lowest BCUT2D eigenvalue weighted by molar-refractivity contribution is -0.229. The van der Waals surface area contributed by atoms with Crippen LogP contribution in [-0.2, 0) is 35.6 Å². The number of benzene rings is 1. The van der Waals surface area contributed by atoms with E-state index in [-0.39, 0.29) is 29.7 Å². The van der Waals surface area contributed by atoms with E-state index in [0.29, 0.717) is 24.9 Å². The summed E-state index contributed by atoms with van der Waals surface area (Å²) in [5, 5.41) is 52.0. The first-order valence-corrected chi connectivity index (χ1v) is 12.1. The van der Waals surface area contributed by atoms with Gasteiger partial charge in [-0.1, -0.05) is 6.07 Å².